The van der Waals surface area contributed by atoms with Crippen LogP contribution in [0.2, 0.25) is 0 Å². The first-order valence-corrected chi connectivity index (χ1v) is 14.5. The van der Waals surface area contributed by atoms with Crippen molar-refractivity contribution >= 4 is 23.5 Å². The maximum atomic E-state index is 14.5. The molecule has 1 unspecified atom stereocenters. The highest BCUT2D eigenvalue weighted by atomic mass is 32.2. The van der Waals surface area contributed by atoms with E-state index in [1.165, 1.54) is 31.4 Å². The normalized spacial score (nSPS) is 32.7. The number of ether oxygens (including phenoxy) is 4. The van der Waals surface area contributed by atoms with E-state index in [0.29, 0.717) is 35.7 Å². The van der Waals surface area contributed by atoms with Crippen LogP contribution in [-0.2, 0) is 14.2 Å². The largest absolute Gasteiger partial charge is 0.491 e. The Kier molecular flexibility index (Phi) is 10.0. The summed E-state index contributed by atoms with van der Waals surface area (Å²) in [6.07, 6.45) is 8.67. The maximum absolute atomic E-state index is 14.5. The van der Waals surface area contributed by atoms with Crippen molar-refractivity contribution in [2.75, 3.05) is 37.9 Å². The third-order valence-corrected chi connectivity index (χ3v) is 10.3. The summed E-state index contributed by atoms with van der Waals surface area (Å²) < 4.78 is 52.2. The van der Waals surface area contributed by atoms with Gasteiger partial charge in [0.15, 0.2) is 17.9 Å². The molecule has 8 heteroatoms. The summed E-state index contributed by atoms with van der Waals surface area (Å²) in [6, 6.07) is 2.92. The van der Waals surface area contributed by atoms with E-state index in [-0.39, 0.29) is 23.8 Å². The van der Waals surface area contributed by atoms with Crippen LogP contribution in [0.5, 0.6) is 5.75 Å². The van der Waals surface area contributed by atoms with E-state index in [4.69, 9.17) is 18.9 Å². The van der Waals surface area contributed by atoms with Crippen LogP contribution >= 0.6 is 23.5 Å². The van der Waals surface area contributed by atoms with Gasteiger partial charge in [-0.3, -0.25) is 0 Å². The molecule has 0 bridgehead atoms. The summed E-state index contributed by atoms with van der Waals surface area (Å²) >= 11 is 3.92. The molecule has 1 aromatic rings. The van der Waals surface area contributed by atoms with E-state index in [1.54, 1.807) is 6.92 Å². The first-order chi connectivity index (χ1) is 16.6. The van der Waals surface area contributed by atoms with Gasteiger partial charge in [0.05, 0.1) is 30.5 Å². The zero-order valence-corrected chi connectivity index (χ0v) is 21.7. The van der Waals surface area contributed by atoms with Gasteiger partial charge >= 0.3 is 0 Å². The highest BCUT2D eigenvalue weighted by Crippen LogP contribution is 2.44. The Morgan fingerprint density at radius 1 is 1.00 bits per heavy atom. The number of halogens is 2. The van der Waals surface area contributed by atoms with Gasteiger partial charge in [0.2, 0.25) is 5.82 Å². The Morgan fingerprint density at radius 3 is 2.41 bits per heavy atom. The predicted octanol–water partition coefficient (Wildman–Crippen LogP) is 6.60. The molecule has 0 N–H and O–H groups in total. The zero-order valence-electron chi connectivity index (χ0n) is 20.0. The SMILES string of the molecule is CC=CCCC1CC[C@@H](C2CSC(C3COC(c4ccc(OCC)c(F)c4F)OC3)SC2)OC1. The molecule has 3 saturated heterocycles. The molecule has 4 nitrogen and oxygen atoms in total. The van der Waals surface area contributed by atoms with Crippen molar-refractivity contribution in [3.8, 4) is 5.75 Å². The number of hydrogen-bond acceptors (Lipinski definition) is 6. The predicted molar refractivity (Wildman–Crippen MR) is 134 cm³/mol. The van der Waals surface area contributed by atoms with Gasteiger partial charge < -0.3 is 18.9 Å². The number of thioether (sulfide) groups is 2. The van der Waals surface area contributed by atoms with Gasteiger partial charge in [-0.15, -0.1) is 23.5 Å². The first kappa shape index (κ1) is 26.3. The molecule has 4 rings (SSSR count). The number of rotatable bonds is 8. The van der Waals surface area contributed by atoms with Gasteiger partial charge in [-0.1, -0.05) is 12.2 Å². The minimum absolute atomic E-state index is 0.0851. The zero-order chi connectivity index (χ0) is 23.9. The molecule has 0 radical (unpaired) electrons. The standard InChI is InChI=1S/C26H36F2O4S2/c1-3-5-6-7-17-8-10-21(30-12-17)19-15-33-26(34-16-19)18-13-31-25(32-14-18)20-9-11-22(29-4-2)24(28)23(20)27/h3,5,9,11,17-19,21,25-26H,4,6-8,10,12-16H2,1-2H3/t17?,18?,19?,21-,25?,26?/m0/s1. The van der Waals surface area contributed by atoms with Gasteiger partial charge in [-0.2, -0.15) is 4.39 Å². The summed E-state index contributed by atoms with van der Waals surface area (Å²) in [6.45, 7) is 5.92. The fourth-order valence-corrected chi connectivity index (χ4v) is 8.20. The van der Waals surface area contributed by atoms with E-state index in [2.05, 4.69) is 19.1 Å². The van der Waals surface area contributed by atoms with Crippen molar-refractivity contribution < 1.29 is 27.7 Å². The van der Waals surface area contributed by atoms with Crippen molar-refractivity contribution in [1.82, 2.24) is 0 Å². The van der Waals surface area contributed by atoms with E-state index in [0.717, 1.165) is 24.5 Å². The smallest absolute Gasteiger partial charge is 0.201 e. The molecule has 1 aromatic carbocycles. The minimum Gasteiger partial charge on any atom is -0.491 e. The molecular weight excluding hydrogens is 478 g/mol. The van der Waals surface area contributed by atoms with Crippen molar-refractivity contribution in [3.05, 3.63) is 41.5 Å². The van der Waals surface area contributed by atoms with Crippen LogP contribution in [0.15, 0.2) is 24.3 Å². The van der Waals surface area contributed by atoms with Gasteiger partial charge in [0, 0.05) is 35.5 Å². The fourth-order valence-electron chi connectivity index (χ4n) is 4.79. The van der Waals surface area contributed by atoms with Crippen LogP contribution in [0, 0.1) is 29.4 Å². The monoisotopic (exact) mass is 514 g/mol. The molecule has 2 atom stereocenters. The molecule has 0 aromatic heterocycles. The third kappa shape index (κ3) is 6.49. The van der Waals surface area contributed by atoms with Gasteiger partial charge in [0.25, 0.3) is 0 Å². The molecule has 3 fully saturated rings. The van der Waals surface area contributed by atoms with Gasteiger partial charge in [-0.05, 0) is 57.6 Å². The van der Waals surface area contributed by atoms with Crippen LogP contribution in [0.25, 0.3) is 0 Å². The topological polar surface area (TPSA) is 36.9 Å². The number of hydrogen-bond donors (Lipinski definition) is 0. The van der Waals surface area contributed by atoms with Crippen LogP contribution in [0.4, 0.5) is 8.78 Å². The van der Waals surface area contributed by atoms with E-state index in [1.807, 2.05) is 23.5 Å². The molecule has 0 saturated carbocycles. The van der Waals surface area contributed by atoms with E-state index in [9.17, 15) is 8.78 Å². The molecule has 34 heavy (non-hydrogen) atoms. The Balaban J connectivity index is 1.20. The second-order valence-corrected chi connectivity index (χ2v) is 11.9. The minimum atomic E-state index is -0.993. The van der Waals surface area contributed by atoms with Crippen molar-refractivity contribution in [1.29, 1.82) is 0 Å². The Hall–Kier alpha value is -0.800. The quantitative estimate of drug-likeness (QED) is 0.364. The lowest BCUT2D eigenvalue weighted by molar-refractivity contribution is -0.203. The molecule has 0 amide bonds. The van der Waals surface area contributed by atoms with Crippen LogP contribution in [0.1, 0.15) is 51.4 Å². The first-order valence-electron chi connectivity index (χ1n) is 12.4. The lowest BCUT2D eigenvalue weighted by Gasteiger charge is -2.40. The molecule has 190 valence electrons. The van der Waals surface area contributed by atoms with Crippen LogP contribution in [-0.4, -0.2) is 48.6 Å². The Morgan fingerprint density at radius 2 is 1.76 bits per heavy atom. The highest BCUT2D eigenvalue weighted by molar-refractivity contribution is 8.17. The van der Waals surface area contributed by atoms with E-state index < -0.39 is 17.9 Å². The van der Waals surface area contributed by atoms with Crippen molar-refractivity contribution in [2.45, 2.75) is 56.5 Å². The Bertz CT molecular complexity index is 800. The average molecular weight is 515 g/mol. The van der Waals surface area contributed by atoms with Crippen LogP contribution in [0.3, 0.4) is 0 Å². The van der Waals surface area contributed by atoms with Crippen molar-refractivity contribution in [3.63, 3.8) is 0 Å². The summed E-state index contributed by atoms with van der Waals surface area (Å²) in [5.41, 5.74) is 0.0851. The third-order valence-electron chi connectivity index (χ3n) is 6.80. The fraction of sp³-hybridized carbons (Fsp3) is 0.692. The van der Waals surface area contributed by atoms with Crippen LogP contribution < -0.4 is 4.74 Å². The molecule has 3 aliphatic rings. The maximum Gasteiger partial charge on any atom is 0.201 e. The van der Waals surface area contributed by atoms with Gasteiger partial charge in [-0.25, -0.2) is 4.39 Å². The highest BCUT2D eigenvalue weighted by Gasteiger charge is 2.37. The number of allylic oxidation sites excluding steroid dienone is 2. The summed E-state index contributed by atoms with van der Waals surface area (Å²) in [5.74, 6) is 1.64. The lowest BCUT2D eigenvalue weighted by atomic mass is 9.90. The lowest BCUT2D eigenvalue weighted by Crippen LogP contribution is -2.39. The average Bonchev–Trinajstić information content (AvgIpc) is 2.88. The molecule has 3 aliphatic heterocycles. The van der Waals surface area contributed by atoms with Gasteiger partial charge in [0.1, 0.15) is 0 Å². The summed E-state index contributed by atoms with van der Waals surface area (Å²) in [5, 5.41) is 0. The molecular formula is C26H36F2O4S2. The Labute approximate surface area is 210 Å². The van der Waals surface area contributed by atoms with Crippen molar-refractivity contribution in [2.24, 2.45) is 17.8 Å². The second-order valence-electron chi connectivity index (χ2n) is 9.23. The molecule has 0 aliphatic carbocycles. The molecule has 3 heterocycles. The summed E-state index contributed by atoms with van der Waals surface area (Å²) in [4.78, 5) is 0. The second kappa shape index (κ2) is 12.9. The molecule has 0 spiro atoms. The van der Waals surface area contributed by atoms with E-state index >= 15 is 0 Å². The summed E-state index contributed by atoms with van der Waals surface area (Å²) in [7, 11) is 0. The number of benzene rings is 1.